The van der Waals surface area contributed by atoms with E-state index >= 15 is 0 Å². The lowest BCUT2D eigenvalue weighted by Gasteiger charge is -2.30. The molecule has 1 saturated heterocycles. The summed E-state index contributed by atoms with van der Waals surface area (Å²) in [6.45, 7) is 3.78. The van der Waals surface area contributed by atoms with Crippen molar-refractivity contribution in [2.24, 2.45) is 10.9 Å². The SMILES string of the molecule is CC1=Nc2c(N3CCOCC3)cc(-c3ccccc3C(F)(F)F)nc2CCC1C(=O)O. The summed E-state index contributed by atoms with van der Waals surface area (Å²) in [5.74, 6) is -1.72. The van der Waals surface area contributed by atoms with E-state index < -0.39 is 23.6 Å². The summed E-state index contributed by atoms with van der Waals surface area (Å²) >= 11 is 0. The largest absolute Gasteiger partial charge is 0.481 e. The van der Waals surface area contributed by atoms with Crippen molar-refractivity contribution >= 4 is 23.1 Å². The fraction of sp³-hybridized carbons (Fsp3) is 0.409. The number of benzene rings is 1. The number of hydrogen-bond acceptors (Lipinski definition) is 5. The Balaban J connectivity index is 1.90. The van der Waals surface area contributed by atoms with Gasteiger partial charge in [-0.15, -0.1) is 0 Å². The molecule has 1 N–H and O–H groups in total. The van der Waals surface area contributed by atoms with E-state index in [0.717, 1.165) is 6.07 Å². The smallest absolute Gasteiger partial charge is 0.417 e. The number of carboxylic acids is 1. The molecule has 31 heavy (non-hydrogen) atoms. The molecule has 2 aromatic rings. The Morgan fingerprint density at radius 2 is 1.94 bits per heavy atom. The van der Waals surface area contributed by atoms with Crippen LogP contribution >= 0.6 is 0 Å². The molecule has 1 unspecified atom stereocenters. The van der Waals surface area contributed by atoms with E-state index in [0.29, 0.717) is 55.5 Å². The number of halogens is 3. The topological polar surface area (TPSA) is 75.0 Å². The number of morpholine rings is 1. The minimum Gasteiger partial charge on any atom is -0.481 e. The normalized spacial score (nSPS) is 19.4. The summed E-state index contributed by atoms with van der Waals surface area (Å²) in [5, 5.41) is 9.54. The number of nitrogens with zero attached hydrogens (tertiary/aromatic N) is 3. The molecule has 0 amide bonds. The van der Waals surface area contributed by atoms with Gasteiger partial charge in [0.05, 0.1) is 41.8 Å². The molecule has 0 saturated carbocycles. The lowest BCUT2D eigenvalue weighted by atomic mass is 9.98. The monoisotopic (exact) mass is 433 g/mol. The first-order chi connectivity index (χ1) is 14.8. The molecule has 9 heteroatoms. The van der Waals surface area contributed by atoms with Crippen LogP contribution in [0, 0.1) is 5.92 Å². The summed E-state index contributed by atoms with van der Waals surface area (Å²) < 4.78 is 46.3. The molecule has 1 fully saturated rings. The van der Waals surface area contributed by atoms with Crippen LogP contribution < -0.4 is 4.90 Å². The van der Waals surface area contributed by atoms with Gasteiger partial charge in [-0.05, 0) is 31.9 Å². The highest BCUT2D eigenvalue weighted by Crippen LogP contribution is 2.42. The fourth-order valence-corrected chi connectivity index (χ4v) is 4.06. The van der Waals surface area contributed by atoms with Gasteiger partial charge < -0.3 is 14.7 Å². The second-order valence-electron chi connectivity index (χ2n) is 7.65. The van der Waals surface area contributed by atoms with E-state index in [1.54, 1.807) is 19.1 Å². The minimum atomic E-state index is -4.52. The first-order valence-electron chi connectivity index (χ1n) is 10.1. The highest BCUT2D eigenvalue weighted by Gasteiger charge is 2.35. The number of ether oxygens (including phenoxy) is 1. The van der Waals surface area contributed by atoms with Crippen molar-refractivity contribution in [1.29, 1.82) is 0 Å². The van der Waals surface area contributed by atoms with Gasteiger partial charge >= 0.3 is 12.1 Å². The molecule has 0 spiro atoms. The van der Waals surface area contributed by atoms with Crippen LogP contribution in [0.5, 0.6) is 0 Å². The van der Waals surface area contributed by atoms with Crippen LogP contribution in [0.1, 0.15) is 24.6 Å². The van der Waals surface area contributed by atoms with E-state index in [9.17, 15) is 23.1 Å². The highest BCUT2D eigenvalue weighted by atomic mass is 19.4. The molecule has 164 valence electrons. The number of carboxylic acid groups (broad SMARTS) is 1. The number of carbonyl (C=O) groups is 1. The molecule has 1 atom stereocenters. The van der Waals surface area contributed by atoms with Crippen LogP contribution in [0.25, 0.3) is 11.3 Å². The van der Waals surface area contributed by atoms with Gasteiger partial charge in [-0.1, -0.05) is 18.2 Å². The molecule has 1 aromatic heterocycles. The Labute approximate surface area is 177 Å². The van der Waals surface area contributed by atoms with Crippen LogP contribution in [0.4, 0.5) is 24.5 Å². The third-order valence-corrected chi connectivity index (χ3v) is 5.67. The van der Waals surface area contributed by atoms with Crippen molar-refractivity contribution in [2.75, 3.05) is 31.2 Å². The molecule has 1 aromatic carbocycles. The zero-order valence-electron chi connectivity index (χ0n) is 16.9. The molecule has 6 nitrogen and oxygen atoms in total. The maximum absolute atomic E-state index is 13.6. The van der Waals surface area contributed by atoms with Crippen molar-refractivity contribution in [3.8, 4) is 11.3 Å². The molecule has 0 radical (unpaired) electrons. The molecule has 4 rings (SSSR count). The Kier molecular flexibility index (Phi) is 5.70. The van der Waals surface area contributed by atoms with Gasteiger partial charge in [-0.2, -0.15) is 13.2 Å². The van der Waals surface area contributed by atoms with Gasteiger partial charge in [0.25, 0.3) is 0 Å². The minimum absolute atomic E-state index is 0.00737. The molecular weight excluding hydrogens is 411 g/mol. The van der Waals surface area contributed by atoms with Gasteiger partial charge in [-0.3, -0.25) is 14.8 Å². The lowest BCUT2D eigenvalue weighted by molar-refractivity contribution is -0.139. The summed E-state index contributed by atoms with van der Waals surface area (Å²) in [4.78, 5) is 22.8. The van der Waals surface area contributed by atoms with E-state index in [2.05, 4.69) is 9.98 Å². The first kappa shape index (κ1) is 21.3. The Morgan fingerprint density at radius 1 is 1.23 bits per heavy atom. The van der Waals surface area contributed by atoms with Gasteiger partial charge in [0, 0.05) is 24.4 Å². The van der Waals surface area contributed by atoms with Gasteiger partial charge in [0.1, 0.15) is 5.69 Å². The number of alkyl halides is 3. The number of aliphatic imine (C=N–C) groups is 1. The van der Waals surface area contributed by atoms with E-state index in [4.69, 9.17) is 4.74 Å². The third-order valence-electron chi connectivity index (χ3n) is 5.67. The average molecular weight is 433 g/mol. The number of anilines is 1. The maximum atomic E-state index is 13.6. The predicted molar refractivity (Wildman–Crippen MR) is 110 cm³/mol. The molecule has 0 bridgehead atoms. The Bertz CT molecular complexity index is 1030. The van der Waals surface area contributed by atoms with Crippen molar-refractivity contribution < 1.29 is 27.8 Å². The zero-order valence-corrected chi connectivity index (χ0v) is 16.9. The van der Waals surface area contributed by atoms with Crippen LogP contribution in [-0.2, 0) is 22.1 Å². The highest BCUT2D eigenvalue weighted by molar-refractivity contribution is 6.02. The quantitative estimate of drug-likeness (QED) is 0.779. The van der Waals surface area contributed by atoms with Crippen molar-refractivity contribution in [1.82, 2.24) is 4.98 Å². The molecule has 2 aliphatic rings. The Morgan fingerprint density at radius 3 is 2.61 bits per heavy atom. The summed E-state index contributed by atoms with van der Waals surface area (Å²) in [6.07, 6.45) is -3.92. The van der Waals surface area contributed by atoms with Crippen LogP contribution in [-0.4, -0.2) is 48.1 Å². The molecule has 3 heterocycles. The van der Waals surface area contributed by atoms with Gasteiger partial charge in [-0.25, -0.2) is 0 Å². The molecule has 2 aliphatic heterocycles. The zero-order chi connectivity index (χ0) is 22.2. The standard InChI is InChI=1S/C22H22F3N3O3/c1-13-14(21(29)30)6-7-17-20(26-13)19(28-8-10-31-11-9-28)12-18(27-17)15-4-2-3-5-16(15)22(23,24)25/h2-5,12,14H,6-11H2,1H3,(H,29,30). The van der Waals surface area contributed by atoms with Crippen molar-refractivity contribution in [3.05, 3.63) is 41.6 Å². The molecular formula is C22H22F3N3O3. The average Bonchev–Trinajstić information content (AvgIpc) is 2.91. The summed E-state index contributed by atoms with van der Waals surface area (Å²) in [7, 11) is 0. The third kappa shape index (κ3) is 4.27. The number of aromatic nitrogens is 1. The maximum Gasteiger partial charge on any atom is 0.417 e. The second-order valence-corrected chi connectivity index (χ2v) is 7.65. The summed E-state index contributed by atoms with van der Waals surface area (Å²) in [6, 6.07) is 6.98. The van der Waals surface area contributed by atoms with Gasteiger partial charge in [0.2, 0.25) is 0 Å². The Hall–Kier alpha value is -2.94. The van der Waals surface area contributed by atoms with Crippen LogP contribution in [0.15, 0.2) is 35.3 Å². The summed E-state index contributed by atoms with van der Waals surface area (Å²) in [5.41, 5.74) is 1.61. The number of hydrogen-bond donors (Lipinski definition) is 1. The second kappa shape index (κ2) is 8.30. The fourth-order valence-electron chi connectivity index (χ4n) is 4.06. The number of pyridine rings is 1. The number of rotatable bonds is 3. The number of fused-ring (bicyclic) bond motifs is 1. The van der Waals surface area contributed by atoms with E-state index in [-0.39, 0.29) is 17.7 Å². The van der Waals surface area contributed by atoms with E-state index in [1.165, 1.54) is 12.1 Å². The first-order valence-corrected chi connectivity index (χ1v) is 10.1. The van der Waals surface area contributed by atoms with Gasteiger partial charge in [0.15, 0.2) is 0 Å². The van der Waals surface area contributed by atoms with Crippen LogP contribution in [0.3, 0.4) is 0 Å². The van der Waals surface area contributed by atoms with Crippen LogP contribution in [0.2, 0.25) is 0 Å². The van der Waals surface area contributed by atoms with Crippen molar-refractivity contribution in [3.63, 3.8) is 0 Å². The molecule has 0 aliphatic carbocycles. The lowest BCUT2D eigenvalue weighted by Crippen LogP contribution is -2.36. The number of aliphatic carboxylic acids is 1. The number of aryl methyl sites for hydroxylation is 1. The van der Waals surface area contributed by atoms with E-state index in [1.807, 2.05) is 4.90 Å². The van der Waals surface area contributed by atoms with Crippen molar-refractivity contribution in [2.45, 2.75) is 25.9 Å². The predicted octanol–water partition coefficient (Wildman–Crippen LogP) is 4.34.